The van der Waals surface area contributed by atoms with E-state index in [2.05, 4.69) is 0 Å². The van der Waals surface area contributed by atoms with Crippen LogP contribution in [0.2, 0.25) is 0 Å². The van der Waals surface area contributed by atoms with Gasteiger partial charge in [-0.2, -0.15) is 0 Å². The third-order valence-corrected chi connectivity index (χ3v) is 5.49. The largest absolute Gasteiger partial charge is 0.481 e. The van der Waals surface area contributed by atoms with Gasteiger partial charge in [-0.1, -0.05) is 6.92 Å². The van der Waals surface area contributed by atoms with Crippen LogP contribution in [0.15, 0.2) is 0 Å². The van der Waals surface area contributed by atoms with Crippen LogP contribution >= 0.6 is 0 Å². The van der Waals surface area contributed by atoms with E-state index < -0.39 is 21.9 Å². The van der Waals surface area contributed by atoms with Crippen molar-refractivity contribution in [1.29, 1.82) is 0 Å². The van der Waals surface area contributed by atoms with Crippen LogP contribution in [0.3, 0.4) is 0 Å². The minimum atomic E-state index is -3.25. The Morgan fingerprint density at radius 2 is 2.00 bits per heavy atom. The minimum Gasteiger partial charge on any atom is -0.481 e. The third kappa shape index (κ3) is 3.19. The van der Waals surface area contributed by atoms with Crippen LogP contribution in [0.5, 0.6) is 0 Å². The molecule has 2 atom stereocenters. The van der Waals surface area contributed by atoms with Gasteiger partial charge in [-0.15, -0.1) is 0 Å². The Hall–Kier alpha value is -0.620. The molecule has 1 saturated carbocycles. The molecule has 0 spiro atoms. The molecule has 1 heterocycles. The van der Waals surface area contributed by atoms with E-state index in [0.29, 0.717) is 18.9 Å². The Morgan fingerprint density at radius 1 is 1.35 bits per heavy atom. The van der Waals surface area contributed by atoms with Crippen molar-refractivity contribution in [1.82, 2.24) is 4.31 Å². The van der Waals surface area contributed by atoms with Crippen LogP contribution in [-0.2, 0) is 14.8 Å². The Bertz CT molecular complexity index is 402. The molecule has 1 aliphatic carbocycles. The van der Waals surface area contributed by atoms with E-state index in [1.54, 1.807) is 0 Å². The van der Waals surface area contributed by atoms with E-state index in [1.165, 1.54) is 4.31 Å². The van der Waals surface area contributed by atoms with Gasteiger partial charge in [-0.25, -0.2) is 12.7 Å². The lowest BCUT2D eigenvalue weighted by Crippen LogP contribution is -2.46. The van der Waals surface area contributed by atoms with Gasteiger partial charge in [0.15, 0.2) is 0 Å². The second-order valence-electron chi connectivity index (χ2n) is 5.41. The minimum absolute atomic E-state index is 0.124. The Morgan fingerprint density at radius 3 is 2.53 bits per heavy atom. The molecule has 2 fully saturated rings. The smallest absolute Gasteiger partial charge is 0.307 e. The molecule has 1 N–H and O–H groups in total. The zero-order valence-corrected chi connectivity index (χ0v) is 10.8. The quantitative estimate of drug-likeness (QED) is 0.811. The van der Waals surface area contributed by atoms with Crippen molar-refractivity contribution in [2.45, 2.75) is 26.2 Å². The number of sulfonamides is 1. The maximum absolute atomic E-state index is 12.1. The molecule has 0 aromatic heterocycles. The van der Waals surface area contributed by atoms with Crippen LogP contribution in [0.25, 0.3) is 0 Å². The average molecular weight is 261 g/mol. The second kappa shape index (κ2) is 4.57. The SMILES string of the molecule is CC1CC(C(=O)O)CN(S(=O)(=O)CC2CC2)C1. The lowest BCUT2D eigenvalue weighted by Gasteiger charge is -2.33. The van der Waals surface area contributed by atoms with Crippen LogP contribution < -0.4 is 0 Å². The highest BCUT2D eigenvalue weighted by Crippen LogP contribution is 2.32. The van der Waals surface area contributed by atoms with E-state index in [0.717, 1.165) is 12.8 Å². The van der Waals surface area contributed by atoms with Gasteiger partial charge in [-0.3, -0.25) is 4.79 Å². The summed E-state index contributed by atoms with van der Waals surface area (Å²) in [7, 11) is -3.25. The van der Waals surface area contributed by atoms with Crippen molar-refractivity contribution in [3.05, 3.63) is 0 Å². The molecule has 17 heavy (non-hydrogen) atoms. The molecule has 2 rings (SSSR count). The standard InChI is InChI=1S/C11H19NO4S/c1-8-4-10(11(13)14)6-12(5-8)17(15,16)7-9-2-3-9/h8-10H,2-7H2,1H3,(H,13,14). The number of nitrogens with zero attached hydrogens (tertiary/aromatic N) is 1. The number of carbonyl (C=O) groups is 1. The fourth-order valence-corrected chi connectivity index (χ4v) is 4.43. The van der Waals surface area contributed by atoms with Gasteiger partial charge >= 0.3 is 5.97 Å². The van der Waals surface area contributed by atoms with E-state index in [-0.39, 0.29) is 18.2 Å². The number of carboxylic acid groups (broad SMARTS) is 1. The molecule has 5 nitrogen and oxygen atoms in total. The highest BCUT2D eigenvalue weighted by Gasteiger charge is 2.38. The highest BCUT2D eigenvalue weighted by atomic mass is 32.2. The third-order valence-electron chi connectivity index (χ3n) is 3.51. The molecular formula is C11H19NO4S. The monoisotopic (exact) mass is 261 g/mol. The summed E-state index contributed by atoms with van der Waals surface area (Å²) in [5.74, 6) is -0.804. The first-order valence-corrected chi connectivity index (χ1v) is 7.70. The van der Waals surface area contributed by atoms with Gasteiger partial charge in [0.25, 0.3) is 0 Å². The molecule has 0 aromatic carbocycles. The molecule has 1 saturated heterocycles. The topological polar surface area (TPSA) is 74.7 Å². The van der Waals surface area contributed by atoms with E-state index >= 15 is 0 Å². The number of aliphatic carboxylic acids is 1. The molecule has 6 heteroatoms. The number of hydrogen-bond donors (Lipinski definition) is 1. The molecule has 1 aliphatic heterocycles. The second-order valence-corrected chi connectivity index (χ2v) is 7.43. The van der Waals surface area contributed by atoms with Crippen molar-refractivity contribution in [3.8, 4) is 0 Å². The van der Waals surface area contributed by atoms with E-state index in [4.69, 9.17) is 5.11 Å². The lowest BCUT2D eigenvalue weighted by atomic mass is 9.92. The van der Waals surface area contributed by atoms with Crippen molar-refractivity contribution in [2.75, 3.05) is 18.8 Å². The summed E-state index contributed by atoms with van der Waals surface area (Å²) >= 11 is 0. The normalized spacial score (nSPS) is 31.4. The van der Waals surface area contributed by atoms with Gasteiger partial charge < -0.3 is 5.11 Å². The van der Waals surface area contributed by atoms with Crippen LogP contribution in [-0.4, -0.2) is 42.6 Å². The predicted octanol–water partition coefficient (Wildman–Crippen LogP) is 0.769. The molecule has 0 bridgehead atoms. The Balaban J connectivity index is 2.05. The summed E-state index contributed by atoms with van der Waals surface area (Å²) in [4.78, 5) is 11.0. The summed E-state index contributed by atoms with van der Waals surface area (Å²) in [5.41, 5.74) is 0. The fourth-order valence-electron chi connectivity index (χ4n) is 2.40. The van der Waals surface area contributed by atoms with Gasteiger partial charge in [0.1, 0.15) is 0 Å². The fraction of sp³-hybridized carbons (Fsp3) is 0.909. The van der Waals surface area contributed by atoms with Crippen molar-refractivity contribution >= 4 is 16.0 Å². The summed E-state index contributed by atoms with van der Waals surface area (Å²) in [5, 5.41) is 9.01. The first kappa shape index (κ1) is 12.8. The molecule has 0 amide bonds. The lowest BCUT2D eigenvalue weighted by molar-refractivity contribution is -0.143. The molecular weight excluding hydrogens is 242 g/mol. The average Bonchev–Trinajstić information content (AvgIpc) is 3.00. The summed E-state index contributed by atoms with van der Waals surface area (Å²) in [6, 6.07) is 0. The van der Waals surface area contributed by atoms with Crippen molar-refractivity contribution < 1.29 is 18.3 Å². The predicted molar refractivity (Wildman–Crippen MR) is 63.0 cm³/mol. The van der Waals surface area contributed by atoms with Gasteiger partial charge in [-0.05, 0) is 31.1 Å². The Kier molecular flexibility index (Phi) is 3.45. The van der Waals surface area contributed by atoms with Crippen LogP contribution in [0, 0.1) is 17.8 Å². The van der Waals surface area contributed by atoms with Crippen molar-refractivity contribution in [2.24, 2.45) is 17.8 Å². The highest BCUT2D eigenvalue weighted by molar-refractivity contribution is 7.89. The molecule has 98 valence electrons. The molecule has 2 unspecified atom stereocenters. The maximum atomic E-state index is 12.1. The summed E-state index contributed by atoms with van der Waals surface area (Å²) in [6.45, 7) is 2.53. The van der Waals surface area contributed by atoms with Crippen molar-refractivity contribution in [3.63, 3.8) is 0 Å². The Labute approximate surface area is 102 Å². The molecule has 2 aliphatic rings. The van der Waals surface area contributed by atoms with Gasteiger partial charge in [0.2, 0.25) is 10.0 Å². The maximum Gasteiger partial charge on any atom is 0.307 e. The first-order chi connectivity index (χ1) is 7.88. The van der Waals surface area contributed by atoms with Gasteiger partial charge in [0.05, 0.1) is 11.7 Å². The number of rotatable bonds is 4. The molecule has 0 aromatic rings. The zero-order chi connectivity index (χ0) is 12.6. The molecule has 0 radical (unpaired) electrons. The zero-order valence-electron chi connectivity index (χ0n) is 10.0. The van der Waals surface area contributed by atoms with Crippen LogP contribution in [0.4, 0.5) is 0 Å². The van der Waals surface area contributed by atoms with E-state index in [1.807, 2.05) is 6.92 Å². The first-order valence-electron chi connectivity index (χ1n) is 6.09. The summed E-state index contributed by atoms with van der Waals surface area (Å²) < 4.78 is 25.6. The summed E-state index contributed by atoms with van der Waals surface area (Å²) in [6.07, 6.45) is 2.56. The van der Waals surface area contributed by atoms with E-state index in [9.17, 15) is 13.2 Å². The van der Waals surface area contributed by atoms with Crippen LogP contribution in [0.1, 0.15) is 26.2 Å². The van der Waals surface area contributed by atoms with Gasteiger partial charge in [0, 0.05) is 13.1 Å². The number of carboxylic acids is 1. The number of hydrogen-bond acceptors (Lipinski definition) is 3. The number of piperidine rings is 1.